The van der Waals surface area contributed by atoms with E-state index in [-0.39, 0.29) is 18.0 Å². The van der Waals surface area contributed by atoms with E-state index in [4.69, 9.17) is 0 Å². The second-order valence-electron chi connectivity index (χ2n) is 8.92. The highest BCUT2D eigenvalue weighted by molar-refractivity contribution is 5.82. The summed E-state index contributed by atoms with van der Waals surface area (Å²) in [7, 11) is 0. The average Bonchev–Trinajstić information content (AvgIpc) is 3.32. The molecule has 2 aromatic carbocycles. The molecule has 1 aliphatic heterocycles. The summed E-state index contributed by atoms with van der Waals surface area (Å²) in [5.74, 6) is 0.150. The van der Waals surface area contributed by atoms with E-state index in [0.717, 1.165) is 32.4 Å². The minimum Gasteiger partial charge on any atom is -0.353 e. The molecule has 4 rings (SSSR count). The monoisotopic (exact) mass is 403 g/mol. The van der Waals surface area contributed by atoms with Gasteiger partial charge in [-0.05, 0) is 49.8 Å². The zero-order valence-corrected chi connectivity index (χ0v) is 18.1. The van der Waals surface area contributed by atoms with E-state index in [9.17, 15) is 4.79 Å². The Hall–Kier alpha value is -2.43. The van der Waals surface area contributed by atoms with E-state index in [1.54, 1.807) is 0 Å². The fraction of sp³-hybridized carbons (Fsp3) is 0.423. The number of benzene rings is 2. The SMILES string of the molecule is CC(C)NC(=O)[C@@H]1C[C@H](NC2Cc3ccccc3C2)CN1C/C=C/c1ccccc1. The molecule has 2 aliphatic rings. The van der Waals surface area contributed by atoms with Crippen molar-refractivity contribution in [3.05, 3.63) is 77.4 Å². The Bertz CT molecular complexity index is 852. The Kier molecular flexibility index (Phi) is 6.66. The van der Waals surface area contributed by atoms with Crippen LogP contribution in [0, 0.1) is 0 Å². The summed E-state index contributed by atoms with van der Waals surface area (Å²) < 4.78 is 0. The highest BCUT2D eigenvalue weighted by Crippen LogP contribution is 2.25. The van der Waals surface area contributed by atoms with Crippen LogP contribution >= 0.6 is 0 Å². The molecule has 0 unspecified atom stereocenters. The maximum absolute atomic E-state index is 12.9. The first-order valence-corrected chi connectivity index (χ1v) is 11.2. The van der Waals surface area contributed by atoms with Crippen molar-refractivity contribution in [1.29, 1.82) is 0 Å². The minimum atomic E-state index is -0.0749. The molecular formula is C26H33N3O. The third-order valence-electron chi connectivity index (χ3n) is 6.11. The minimum absolute atomic E-state index is 0.0749. The van der Waals surface area contributed by atoms with Crippen LogP contribution in [0.1, 0.15) is 37.0 Å². The molecule has 2 atom stereocenters. The summed E-state index contributed by atoms with van der Waals surface area (Å²) in [4.78, 5) is 15.2. The molecule has 0 spiro atoms. The largest absolute Gasteiger partial charge is 0.353 e. The van der Waals surface area contributed by atoms with Gasteiger partial charge in [-0.25, -0.2) is 0 Å². The smallest absolute Gasteiger partial charge is 0.237 e. The molecule has 4 nitrogen and oxygen atoms in total. The maximum Gasteiger partial charge on any atom is 0.237 e. The number of carbonyl (C=O) groups is 1. The lowest BCUT2D eigenvalue weighted by atomic mass is 10.1. The number of hydrogen-bond acceptors (Lipinski definition) is 3. The second-order valence-corrected chi connectivity index (χ2v) is 8.92. The van der Waals surface area contributed by atoms with Crippen molar-refractivity contribution in [2.24, 2.45) is 0 Å². The van der Waals surface area contributed by atoms with Crippen molar-refractivity contribution < 1.29 is 4.79 Å². The van der Waals surface area contributed by atoms with Gasteiger partial charge < -0.3 is 10.6 Å². The molecule has 0 radical (unpaired) electrons. The Morgan fingerprint density at radius 1 is 1.03 bits per heavy atom. The Balaban J connectivity index is 1.39. The predicted molar refractivity (Wildman–Crippen MR) is 123 cm³/mol. The van der Waals surface area contributed by atoms with Crippen LogP contribution in [-0.2, 0) is 17.6 Å². The molecule has 0 aromatic heterocycles. The highest BCUT2D eigenvalue weighted by Gasteiger charge is 2.37. The molecule has 2 aromatic rings. The summed E-state index contributed by atoms with van der Waals surface area (Å²) >= 11 is 0. The number of likely N-dealkylation sites (tertiary alicyclic amines) is 1. The van der Waals surface area contributed by atoms with Gasteiger partial charge in [-0.2, -0.15) is 0 Å². The van der Waals surface area contributed by atoms with Gasteiger partial charge in [0.05, 0.1) is 6.04 Å². The highest BCUT2D eigenvalue weighted by atomic mass is 16.2. The maximum atomic E-state index is 12.9. The molecule has 2 N–H and O–H groups in total. The number of amides is 1. The lowest BCUT2D eigenvalue weighted by Crippen LogP contribution is -2.45. The molecule has 1 aliphatic carbocycles. The van der Waals surface area contributed by atoms with Gasteiger partial charge in [0.2, 0.25) is 5.91 Å². The van der Waals surface area contributed by atoms with Gasteiger partial charge in [-0.3, -0.25) is 9.69 Å². The fourth-order valence-electron chi connectivity index (χ4n) is 4.78. The molecule has 1 heterocycles. The molecule has 0 bridgehead atoms. The summed E-state index contributed by atoms with van der Waals surface area (Å²) in [5, 5.41) is 6.97. The molecule has 30 heavy (non-hydrogen) atoms. The van der Waals surface area contributed by atoms with Gasteiger partial charge in [0.1, 0.15) is 0 Å². The van der Waals surface area contributed by atoms with Gasteiger partial charge in [0.25, 0.3) is 0 Å². The molecule has 1 fully saturated rings. The van der Waals surface area contributed by atoms with Gasteiger partial charge >= 0.3 is 0 Å². The van der Waals surface area contributed by atoms with Crippen molar-refractivity contribution >= 4 is 12.0 Å². The van der Waals surface area contributed by atoms with Gasteiger partial charge in [0, 0.05) is 31.2 Å². The van der Waals surface area contributed by atoms with Crippen molar-refractivity contribution in [2.45, 2.75) is 57.3 Å². The van der Waals surface area contributed by atoms with E-state index in [0.29, 0.717) is 12.1 Å². The zero-order valence-electron chi connectivity index (χ0n) is 18.1. The van der Waals surface area contributed by atoms with Crippen LogP contribution in [0.25, 0.3) is 6.08 Å². The topological polar surface area (TPSA) is 44.4 Å². The van der Waals surface area contributed by atoms with Crippen LogP contribution < -0.4 is 10.6 Å². The van der Waals surface area contributed by atoms with Crippen LogP contribution in [0.2, 0.25) is 0 Å². The number of nitrogens with one attached hydrogen (secondary N) is 2. The summed E-state index contributed by atoms with van der Waals surface area (Å²) in [6.45, 7) is 5.74. The molecular weight excluding hydrogens is 370 g/mol. The van der Waals surface area contributed by atoms with Crippen molar-refractivity contribution in [3.8, 4) is 0 Å². The lowest BCUT2D eigenvalue weighted by molar-refractivity contribution is -0.125. The average molecular weight is 404 g/mol. The first kappa shape index (κ1) is 20.8. The standard InChI is InChI=1S/C26H33N3O/c1-19(2)27-26(30)25-17-24(28-23-15-21-12-6-7-13-22(21)16-23)18-29(25)14-8-11-20-9-4-3-5-10-20/h3-13,19,23-25,28H,14-18H2,1-2H3,(H,27,30)/b11-8+/t24-,25-/m0/s1. The normalized spacial score (nSPS) is 22.1. The number of rotatable bonds is 7. The zero-order chi connectivity index (χ0) is 20.9. The van der Waals surface area contributed by atoms with Crippen LogP contribution in [-0.4, -0.2) is 48.1 Å². The van der Waals surface area contributed by atoms with E-state index >= 15 is 0 Å². The van der Waals surface area contributed by atoms with Crippen molar-refractivity contribution in [3.63, 3.8) is 0 Å². The number of fused-ring (bicyclic) bond motifs is 1. The second kappa shape index (κ2) is 9.59. The van der Waals surface area contributed by atoms with Crippen molar-refractivity contribution in [1.82, 2.24) is 15.5 Å². The Morgan fingerprint density at radius 3 is 2.37 bits per heavy atom. The van der Waals surface area contributed by atoms with Gasteiger partial charge in [-0.15, -0.1) is 0 Å². The molecule has 4 heteroatoms. The quantitative estimate of drug-likeness (QED) is 0.745. The van der Waals surface area contributed by atoms with Crippen LogP contribution in [0.5, 0.6) is 0 Å². The first-order valence-electron chi connectivity index (χ1n) is 11.2. The van der Waals surface area contributed by atoms with Crippen LogP contribution in [0.4, 0.5) is 0 Å². The number of carbonyl (C=O) groups excluding carboxylic acids is 1. The Morgan fingerprint density at radius 2 is 1.70 bits per heavy atom. The lowest BCUT2D eigenvalue weighted by Gasteiger charge is -2.23. The van der Waals surface area contributed by atoms with Crippen molar-refractivity contribution in [2.75, 3.05) is 13.1 Å². The van der Waals surface area contributed by atoms with E-state index < -0.39 is 0 Å². The number of nitrogens with zero attached hydrogens (tertiary/aromatic N) is 1. The van der Waals surface area contributed by atoms with E-state index in [2.05, 4.69) is 64.1 Å². The summed E-state index contributed by atoms with van der Waals surface area (Å²) in [5.41, 5.74) is 4.12. The molecule has 0 saturated carbocycles. The van der Waals surface area contributed by atoms with E-state index in [1.807, 2.05) is 32.0 Å². The molecule has 158 valence electrons. The summed E-state index contributed by atoms with van der Waals surface area (Å²) in [6.07, 6.45) is 7.36. The van der Waals surface area contributed by atoms with Crippen LogP contribution in [0.3, 0.4) is 0 Å². The van der Waals surface area contributed by atoms with E-state index in [1.165, 1.54) is 16.7 Å². The first-order chi connectivity index (χ1) is 14.6. The van der Waals surface area contributed by atoms with Crippen LogP contribution in [0.15, 0.2) is 60.7 Å². The van der Waals surface area contributed by atoms with Gasteiger partial charge in [-0.1, -0.05) is 66.7 Å². The third-order valence-corrected chi connectivity index (χ3v) is 6.11. The van der Waals surface area contributed by atoms with Gasteiger partial charge in [0.15, 0.2) is 0 Å². The molecule has 1 saturated heterocycles. The number of hydrogen-bond donors (Lipinski definition) is 2. The third kappa shape index (κ3) is 5.18. The predicted octanol–water partition coefficient (Wildman–Crippen LogP) is 3.42. The summed E-state index contributed by atoms with van der Waals surface area (Å²) in [6, 6.07) is 20.0. The molecule has 1 amide bonds. The Labute approximate surface area is 180 Å². The fourth-order valence-corrected chi connectivity index (χ4v) is 4.78.